The van der Waals surface area contributed by atoms with Crippen LogP contribution in [0.3, 0.4) is 0 Å². The zero-order chi connectivity index (χ0) is 18.8. The summed E-state index contributed by atoms with van der Waals surface area (Å²) in [4.78, 5) is 8.76. The molecule has 1 unspecified atom stereocenters. The number of benzene rings is 1. The van der Waals surface area contributed by atoms with Crippen molar-refractivity contribution in [3.05, 3.63) is 38.5 Å². The van der Waals surface area contributed by atoms with Crippen LogP contribution in [0.2, 0.25) is 0 Å². The first-order valence-corrected chi connectivity index (χ1v) is 8.41. The van der Waals surface area contributed by atoms with E-state index >= 15 is 0 Å². The maximum absolute atomic E-state index is 9.36. The van der Waals surface area contributed by atoms with E-state index in [2.05, 4.69) is 43.2 Å². The SMILES string of the molecule is COc1cccc(I)c1C1N=C(NC#N)Nc2nc(N)c(C#N)c(N)c21. The summed E-state index contributed by atoms with van der Waals surface area (Å²) in [6, 6.07) is 6.90. The number of anilines is 3. The van der Waals surface area contributed by atoms with Crippen molar-refractivity contribution in [1.29, 1.82) is 10.5 Å². The van der Waals surface area contributed by atoms with E-state index in [-0.39, 0.29) is 23.0 Å². The Bertz CT molecular complexity index is 1000. The van der Waals surface area contributed by atoms with Crippen molar-refractivity contribution in [3.8, 4) is 18.0 Å². The molecule has 0 saturated heterocycles. The normalized spacial score (nSPS) is 14.9. The highest BCUT2D eigenvalue weighted by molar-refractivity contribution is 14.1. The van der Waals surface area contributed by atoms with Crippen LogP contribution in [0.15, 0.2) is 23.2 Å². The Kier molecular flexibility index (Phi) is 4.69. The topological polar surface area (TPSA) is 158 Å². The molecular formula is C16H13IN8O. The van der Waals surface area contributed by atoms with E-state index in [1.54, 1.807) is 13.2 Å². The second kappa shape index (κ2) is 6.93. The minimum Gasteiger partial charge on any atom is -0.496 e. The van der Waals surface area contributed by atoms with Gasteiger partial charge in [0.1, 0.15) is 35.1 Å². The van der Waals surface area contributed by atoms with Crippen molar-refractivity contribution in [1.82, 2.24) is 10.3 Å². The maximum Gasteiger partial charge on any atom is 0.211 e. The van der Waals surface area contributed by atoms with E-state index in [1.165, 1.54) is 0 Å². The molecule has 6 N–H and O–H groups in total. The van der Waals surface area contributed by atoms with Crippen molar-refractivity contribution < 1.29 is 4.74 Å². The predicted molar refractivity (Wildman–Crippen MR) is 105 cm³/mol. The molecule has 0 saturated carbocycles. The zero-order valence-electron chi connectivity index (χ0n) is 13.5. The summed E-state index contributed by atoms with van der Waals surface area (Å²) in [6.45, 7) is 0. The number of methoxy groups -OCH3 is 1. The quantitative estimate of drug-likeness (QED) is 0.299. The van der Waals surface area contributed by atoms with Crippen molar-refractivity contribution in [2.75, 3.05) is 23.9 Å². The number of pyridine rings is 1. The molecule has 1 atom stereocenters. The molecule has 1 aromatic carbocycles. The van der Waals surface area contributed by atoms with Gasteiger partial charge in [-0.3, -0.25) is 5.32 Å². The third-order valence-electron chi connectivity index (χ3n) is 3.86. The van der Waals surface area contributed by atoms with Gasteiger partial charge in [-0.1, -0.05) is 6.07 Å². The van der Waals surface area contributed by atoms with E-state index in [4.69, 9.17) is 21.5 Å². The van der Waals surface area contributed by atoms with Gasteiger partial charge in [-0.25, -0.2) is 9.98 Å². The standard InChI is InChI=1S/C16H13IN8O/c1-26-9-4-2-3-8(17)10(9)13-11-12(20)7(5-18)14(21)24-15(11)25-16(23-13)22-6-19/h2-4,13H,1H3,(H6,20,21,22,23,24,25). The number of fused-ring (bicyclic) bond motifs is 1. The Hall–Kier alpha value is -3.25. The van der Waals surface area contributed by atoms with Gasteiger partial charge < -0.3 is 21.5 Å². The number of halogens is 1. The summed E-state index contributed by atoms with van der Waals surface area (Å²) in [5.41, 5.74) is 13.6. The predicted octanol–water partition coefficient (Wildman–Crippen LogP) is 1.67. The van der Waals surface area contributed by atoms with Gasteiger partial charge in [0, 0.05) is 14.7 Å². The van der Waals surface area contributed by atoms with Gasteiger partial charge in [0.15, 0.2) is 6.19 Å². The molecule has 10 heteroatoms. The van der Waals surface area contributed by atoms with E-state index < -0.39 is 6.04 Å². The number of hydrogen-bond donors (Lipinski definition) is 4. The minimum absolute atomic E-state index is 0.00271. The van der Waals surface area contributed by atoms with Gasteiger partial charge in [-0.2, -0.15) is 10.5 Å². The fraction of sp³-hybridized carbons (Fsp3) is 0.125. The molecule has 2 heterocycles. The Morgan fingerprint density at radius 1 is 1.31 bits per heavy atom. The van der Waals surface area contributed by atoms with Crippen molar-refractivity contribution in [3.63, 3.8) is 0 Å². The summed E-state index contributed by atoms with van der Waals surface area (Å²) < 4.78 is 6.36. The number of ether oxygens (including phenoxy) is 1. The van der Waals surface area contributed by atoms with E-state index in [9.17, 15) is 5.26 Å². The molecule has 0 radical (unpaired) electrons. The Balaban J connectivity index is 2.33. The van der Waals surface area contributed by atoms with Crippen molar-refractivity contribution in [2.24, 2.45) is 4.99 Å². The molecular weight excluding hydrogens is 447 g/mol. The Morgan fingerprint density at radius 2 is 2.08 bits per heavy atom. The molecule has 0 aliphatic carbocycles. The lowest BCUT2D eigenvalue weighted by atomic mass is 9.94. The number of nitrogens with one attached hydrogen (secondary N) is 2. The molecule has 1 aliphatic rings. The Labute approximate surface area is 162 Å². The number of aliphatic imine (C=N–C) groups is 1. The molecule has 26 heavy (non-hydrogen) atoms. The molecule has 0 spiro atoms. The second-order valence-corrected chi connectivity index (χ2v) is 6.42. The summed E-state index contributed by atoms with van der Waals surface area (Å²) in [6.07, 6.45) is 1.82. The first-order chi connectivity index (χ1) is 12.5. The number of nitrogens with zero attached hydrogens (tertiary/aromatic N) is 4. The molecule has 3 rings (SSSR count). The third-order valence-corrected chi connectivity index (χ3v) is 4.80. The average molecular weight is 460 g/mol. The molecule has 9 nitrogen and oxygen atoms in total. The monoisotopic (exact) mass is 460 g/mol. The first-order valence-electron chi connectivity index (χ1n) is 7.33. The number of nitrogens with two attached hydrogens (primary N) is 2. The zero-order valence-corrected chi connectivity index (χ0v) is 15.7. The van der Waals surface area contributed by atoms with Crippen LogP contribution in [0.4, 0.5) is 17.3 Å². The number of nitrogen functional groups attached to an aromatic ring is 2. The highest BCUT2D eigenvalue weighted by atomic mass is 127. The van der Waals surface area contributed by atoms with Crippen molar-refractivity contribution >= 4 is 45.9 Å². The maximum atomic E-state index is 9.36. The molecule has 130 valence electrons. The summed E-state index contributed by atoms with van der Waals surface area (Å²) in [5, 5.41) is 23.7. The lowest BCUT2D eigenvalue weighted by Gasteiger charge is -2.27. The van der Waals surface area contributed by atoms with Gasteiger partial charge >= 0.3 is 0 Å². The van der Waals surface area contributed by atoms with E-state index in [0.29, 0.717) is 17.1 Å². The van der Waals surface area contributed by atoms with Gasteiger partial charge in [0.05, 0.1) is 12.8 Å². The molecule has 0 fully saturated rings. The number of rotatable bonds is 2. The first kappa shape index (κ1) is 17.6. The number of nitriles is 2. The largest absolute Gasteiger partial charge is 0.496 e. The van der Waals surface area contributed by atoms with Gasteiger partial charge in [0.25, 0.3) is 0 Å². The molecule has 2 aromatic rings. The van der Waals surface area contributed by atoms with E-state index in [0.717, 1.165) is 9.13 Å². The smallest absolute Gasteiger partial charge is 0.211 e. The van der Waals surface area contributed by atoms with Crippen LogP contribution in [-0.2, 0) is 0 Å². The summed E-state index contributed by atoms with van der Waals surface area (Å²) in [7, 11) is 1.56. The summed E-state index contributed by atoms with van der Waals surface area (Å²) in [5.74, 6) is 1.13. The third kappa shape index (κ3) is 2.80. The van der Waals surface area contributed by atoms with Crippen LogP contribution >= 0.6 is 22.6 Å². The van der Waals surface area contributed by atoms with Gasteiger partial charge in [-0.15, -0.1) is 0 Å². The van der Waals surface area contributed by atoms with Crippen LogP contribution in [0, 0.1) is 26.4 Å². The van der Waals surface area contributed by atoms with Crippen LogP contribution < -0.4 is 26.8 Å². The lowest BCUT2D eigenvalue weighted by Crippen LogP contribution is -2.33. The average Bonchev–Trinajstić information content (AvgIpc) is 2.61. The number of aromatic nitrogens is 1. The van der Waals surface area contributed by atoms with E-state index in [1.807, 2.05) is 24.4 Å². The van der Waals surface area contributed by atoms with Crippen LogP contribution in [0.25, 0.3) is 0 Å². The fourth-order valence-electron chi connectivity index (χ4n) is 2.75. The van der Waals surface area contributed by atoms with Gasteiger partial charge in [-0.05, 0) is 34.7 Å². The summed E-state index contributed by atoms with van der Waals surface area (Å²) >= 11 is 2.17. The van der Waals surface area contributed by atoms with Crippen LogP contribution in [0.5, 0.6) is 5.75 Å². The molecule has 0 bridgehead atoms. The Morgan fingerprint density at radius 3 is 2.73 bits per heavy atom. The molecule has 1 aliphatic heterocycles. The number of guanidine groups is 1. The molecule has 0 amide bonds. The minimum atomic E-state index is -0.634. The highest BCUT2D eigenvalue weighted by Crippen LogP contribution is 2.44. The van der Waals surface area contributed by atoms with Gasteiger partial charge in [0.2, 0.25) is 5.96 Å². The van der Waals surface area contributed by atoms with Crippen molar-refractivity contribution in [2.45, 2.75) is 6.04 Å². The second-order valence-electron chi connectivity index (χ2n) is 5.26. The fourth-order valence-corrected chi connectivity index (χ4v) is 3.52. The molecule has 1 aromatic heterocycles. The number of hydrogen-bond acceptors (Lipinski definition) is 9. The highest BCUT2D eigenvalue weighted by Gasteiger charge is 2.32. The lowest BCUT2D eigenvalue weighted by molar-refractivity contribution is 0.407. The van der Waals surface area contributed by atoms with Crippen LogP contribution in [0.1, 0.15) is 22.7 Å². The van der Waals surface area contributed by atoms with Crippen LogP contribution in [-0.4, -0.2) is 18.1 Å².